The monoisotopic (exact) mass is 332 g/mol. The zero-order valence-corrected chi connectivity index (χ0v) is 15.2. The number of aromatic amines is 1. The summed E-state index contributed by atoms with van der Waals surface area (Å²) in [6.45, 7) is 9.13. The first-order chi connectivity index (χ1) is 11.3. The maximum absolute atomic E-state index is 10.1. The van der Waals surface area contributed by atoms with Crippen molar-refractivity contribution in [3.8, 4) is 17.1 Å². The van der Waals surface area contributed by atoms with E-state index in [2.05, 4.69) is 36.0 Å². The van der Waals surface area contributed by atoms with Gasteiger partial charge in [0.15, 0.2) is 5.82 Å². The van der Waals surface area contributed by atoms with E-state index >= 15 is 0 Å². The van der Waals surface area contributed by atoms with E-state index in [1.807, 2.05) is 29.2 Å². The molecule has 2 rings (SSSR count). The second-order valence-corrected chi connectivity index (χ2v) is 7.22. The van der Waals surface area contributed by atoms with Crippen molar-refractivity contribution >= 4 is 5.95 Å². The minimum Gasteiger partial charge on any atom is -0.497 e. The van der Waals surface area contributed by atoms with Crippen molar-refractivity contribution in [2.24, 2.45) is 5.41 Å². The second-order valence-electron chi connectivity index (χ2n) is 7.22. The van der Waals surface area contributed by atoms with Crippen LogP contribution in [0.25, 0.3) is 11.4 Å². The molecule has 1 heterocycles. The fraction of sp³-hybridized carbons (Fsp3) is 0.556. The Kier molecular flexibility index (Phi) is 5.83. The zero-order chi connectivity index (χ0) is 17.7. The standard InChI is InChI=1S/C18H28N4O2/c1-13(23)22(12-6-11-18(2,3)4)17-19-16(20-21-17)14-7-9-15(24-5)10-8-14/h7-10,13,23H,6,11-12H2,1-5H3,(H,19,20,21). The summed E-state index contributed by atoms with van der Waals surface area (Å²) < 4.78 is 5.16. The highest BCUT2D eigenvalue weighted by molar-refractivity contribution is 5.57. The van der Waals surface area contributed by atoms with E-state index < -0.39 is 6.23 Å². The summed E-state index contributed by atoms with van der Waals surface area (Å²) >= 11 is 0. The summed E-state index contributed by atoms with van der Waals surface area (Å²) in [5.41, 5.74) is 1.20. The normalized spacial score (nSPS) is 12.9. The smallest absolute Gasteiger partial charge is 0.226 e. The van der Waals surface area contributed by atoms with Crippen LogP contribution in [0.3, 0.4) is 0 Å². The minimum absolute atomic E-state index is 0.278. The highest BCUT2D eigenvalue weighted by Gasteiger charge is 2.18. The molecule has 0 spiro atoms. The van der Waals surface area contributed by atoms with Crippen molar-refractivity contribution in [1.82, 2.24) is 15.2 Å². The van der Waals surface area contributed by atoms with Crippen LogP contribution in [0.15, 0.2) is 24.3 Å². The summed E-state index contributed by atoms with van der Waals surface area (Å²) in [6, 6.07) is 7.62. The average molecular weight is 332 g/mol. The molecule has 6 heteroatoms. The molecule has 132 valence electrons. The molecule has 0 radical (unpaired) electrons. The van der Waals surface area contributed by atoms with E-state index in [1.54, 1.807) is 14.0 Å². The maximum atomic E-state index is 10.1. The van der Waals surface area contributed by atoms with Gasteiger partial charge >= 0.3 is 0 Å². The molecule has 0 amide bonds. The molecule has 0 aliphatic rings. The fourth-order valence-corrected chi connectivity index (χ4v) is 2.51. The van der Waals surface area contributed by atoms with Gasteiger partial charge in [-0.05, 0) is 49.4 Å². The van der Waals surface area contributed by atoms with E-state index in [1.165, 1.54) is 0 Å². The molecule has 1 unspecified atom stereocenters. The fourth-order valence-electron chi connectivity index (χ4n) is 2.51. The molecule has 0 fully saturated rings. The number of aromatic nitrogens is 3. The Balaban J connectivity index is 2.09. The third-order valence-electron chi connectivity index (χ3n) is 3.89. The first-order valence-electron chi connectivity index (χ1n) is 8.32. The predicted molar refractivity (Wildman–Crippen MR) is 96.1 cm³/mol. The molecular formula is C18H28N4O2. The van der Waals surface area contributed by atoms with Gasteiger partial charge < -0.3 is 19.7 Å². The van der Waals surface area contributed by atoms with E-state index in [0.717, 1.165) is 30.7 Å². The van der Waals surface area contributed by atoms with Gasteiger partial charge in [0.2, 0.25) is 5.95 Å². The maximum Gasteiger partial charge on any atom is 0.226 e. The number of aliphatic hydroxyl groups is 1. The Hall–Kier alpha value is -2.08. The van der Waals surface area contributed by atoms with Crippen LogP contribution >= 0.6 is 0 Å². The number of hydrogen-bond donors (Lipinski definition) is 2. The van der Waals surface area contributed by atoms with Crippen molar-refractivity contribution in [2.45, 2.75) is 46.8 Å². The second kappa shape index (κ2) is 7.66. The van der Waals surface area contributed by atoms with Crippen molar-refractivity contribution in [2.75, 3.05) is 18.6 Å². The zero-order valence-electron chi connectivity index (χ0n) is 15.2. The first kappa shape index (κ1) is 18.3. The van der Waals surface area contributed by atoms with Gasteiger partial charge in [-0.15, -0.1) is 10.2 Å². The minimum atomic E-state index is -0.623. The number of H-pyrrole nitrogens is 1. The lowest BCUT2D eigenvalue weighted by Crippen LogP contribution is -2.35. The summed E-state index contributed by atoms with van der Waals surface area (Å²) in [5.74, 6) is 2.06. The first-order valence-corrected chi connectivity index (χ1v) is 8.32. The lowest BCUT2D eigenvalue weighted by molar-refractivity contribution is 0.184. The number of hydrogen-bond acceptors (Lipinski definition) is 5. The Morgan fingerprint density at radius 2 is 1.88 bits per heavy atom. The van der Waals surface area contributed by atoms with Crippen LogP contribution < -0.4 is 9.64 Å². The summed E-state index contributed by atoms with van der Waals surface area (Å²) in [6.07, 6.45) is 1.43. The van der Waals surface area contributed by atoms with Crippen molar-refractivity contribution in [3.05, 3.63) is 24.3 Å². The highest BCUT2D eigenvalue weighted by atomic mass is 16.5. The van der Waals surface area contributed by atoms with Gasteiger partial charge in [0.25, 0.3) is 0 Å². The van der Waals surface area contributed by atoms with E-state index in [-0.39, 0.29) is 5.41 Å². The van der Waals surface area contributed by atoms with Crippen LogP contribution in [0, 0.1) is 5.41 Å². The molecule has 0 aliphatic heterocycles. The van der Waals surface area contributed by atoms with Gasteiger partial charge in [-0.2, -0.15) is 0 Å². The third kappa shape index (κ3) is 4.96. The Morgan fingerprint density at radius 1 is 1.21 bits per heavy atom. The molecule has 0 aliphatic carbocycles. The topological polar surface area (TPSA) is 74.3 Å². The Morgan fingerprint density at radius 3 is 2.42 bits per heavy atom. The summed E-state index contributed by atoms with van der Waals surface area (Å²) in [5, 5.41) is 18.5. The van der Waals surface area contributed by atoms with Crippen molar-refractivity contribution in [3.63, 3.8) is 0 Å². The molecule has 1 atom stereocenters. The average Bonchev–Trinajstić information content (AvgIpc) is 2.99. The number of aliphatic hydroxyl groups excluding tert-OH is 1. The van der Waals surface area contributed by atoms with Gasteiger partial charge in [0.1, 0.15) is 12.0 Å². The lowest BCUT2D eigenvalue weighted by Gasteiger charge is -2.26. The van der Waals surface area contributed by atoms with Gasteiger partial charge in [0.05, 0.1) is 7.11 Å². The Bertz CT molecular complexity index is 629. The molecule has 2 N–H and O–H groups in total. The van der Waals surface area contributed by atoms with Gasteiger partial charge in [-0.3, -0.25) is 0 Å². The number of rotatable bonds is 7. The number of methoxy groups -OCH3 is 1. The molecule has 24 heavy (non-hydrogen) atoms. The third-order valence-corrected chi connectivity index (χ3v) is 3.89. The highest BCUT2D eigenvalue weighted by Crippen LogP contribution is 2.24. The van der Waals surface area contributed by atoms with Crippen LogP contribution in [0.1, 0.15) is 40.5 Å². The number of ether oxygens (including phenoxy) is 1. The molecule has 6 nitrogen and oxygen atoms in total. The number of benzene rings is 1. The van der Waals surface area contributed by atoms with Crippen molar-refractivity contribution < 1.29 is 9.84 Å². The van der Waals surface area contributed by atoms with Crippen LogP contribution in [0.4, 0.5) is 5.95 Å². The molecule has 2 aromatic rings. The van der Waals surface area contributed by atoms with Crippen molar-refractivity contribution in [1.29, 1.82) is 0 Å². The van der Waals surface area contributed by atoms with E-state index in [0.29, 0.717) is 11.8 Å². The van der Waals surface area contributed by atoms with Gasteiger partial charge in [0, 0.05) is 12.1 Å². The van der Waals surface area contributed by atoms with E-state index in [9.17, 15) is 5.11 Å². The van der Waals surface area contributed by atoms with Crippen LogP contribution in [0.5, 0.6) is 5.75 Å². The molecule has 1 aromatic heterocycles. The largest absolute Gasteiger partial charge is 0.497 e. The van der Waals surface area contributed by atoms with Gasteiger partial charge in [-0.25, -0.2) is 0 Å². The summed E-state index contributed by atoms with van der Waals surface area (Å²) in [7, 11) is 1.64. The van der Waals surface area contributed by atoms with E-state index in [4.69, 9.17) is 4.74 Å². The lowest BCUT2D eigenvalue weighted by atomic mass is 9.90. The SMILES string of the molecule is COc1ccc(-c2nnc(N(CCCC(C)(C)C)C(C)O)[nH]2)cc1. The van der Waals surface area contributed by atoms with Crippen LogP contribution in [0.2, 0.25) is 0 Å². The molecule has 0 saturated heterocycles. The molecular weight excluding hydrogens is 304 g/mol. The quantitative estimate of drug-likeness (QED) is 0.760. The van der Waals surface area contributed by atoms with Gasteiger partial charge in [-0.1, -0.05) is 20.8 Å². The van der Waals surface area contributed by atoms with Crippen LogP contribution in [-0.2, 0) is 0 Å². The molecule has 0 bridgehead atoms. The number of anilines is 1. The molecule has 1 aromatic carbocycles. The Labute approximate surface area is 143 Å². The summed E-state index contributed by atoms with van der Waals surface area (Å²) in [4.78, 5) is 5.04. The number of nitrogens with one attached hydrogen (secondary N) is 1. The number of nitrogens with zero attached hydrogens (tertiary/aromatic N) is 3. The van der Waals surface area contributed by atoms with Crippen LogP contribution in [-0.4, -0.2) is 40.2 Å². The molecule has 0 saturated carbocycles. The predicted octanol–water partition coefficient (Wildman–Crippen LogP) is 3.45.